The predicted molar refractivity (Wildman–Crippen MR) is 266 cm³/mol. The van der Waals surface area contributed by atoms with E-state index in [4.69, 9.17) is 16.2 Å². The summed E-state index contributed by atoms with van der Waals surface area (Å²) in [6.07, 6.45) is -0.313. The summed E-state index contributed by atoms with van der Waals surface area (Å²) >= 11 is 0. The van der Waals surface area contributed by atoms with E-state index in [1.165, 1.54) is 39.3 Å². The van der Waals surface area contributed by atoms with Gasteiger partial charge in [0.2, 0.25) is 29.5 Å². The molecule has 65 heavy (non-hydrogen) atoms. The molecular weight excluding hydrogens is 909 g/mol. The van der Waals surface area contributed by atoms with Crippen LogP contribution >= 0.6 is 43.2 Å². The van der Waals surface area contributed by atoms with Crippen LogP contribution < -0.4 is 43.4 Å². The lowest BCUT2D eigenvalue weighted by Gasteiger charge is -2.27. The Morgan fingerprint density at radius 1 is 0.615 bits per heavy atom. The molecule has 1 unspecified atom stereocenters. The van der Waals surface area contributed by atoms with Crippen LogP contribution in [0.1, 0.15) is 85.8 Å². The van der Waals surface area contributed by atoms with Gasteiger partial charge in [0.1, 0.15) is 24.2 Å². The summed E-state index contributed by atoms with van der Waals surface area (Å²) in [6.45, 7) is 15.6. The number of esters is 1. The second-order valence-corrected chi connectivity index (χ2v) is 23.8. The van der Waals surface area contributed by atoms with E-state index >= 15 is 0 Å². The Morgan fingerprint density at radius 2 is 1.11 bits per heavy atom. The molecule has 0 bridgehead atoms. The van der Waals surface area contributed by atoms with Gasteiger partial charge in [-0.15, -0.1) is 0 Å². The van der Waals surface area contributed by atoms with E-state index in [1.54, 1.807) is 73.3 Å². The Balaban J connectivity index is 2.28. The van der Waals surface area contributed by atoms with E-state index in [9.17, 15) is 33.6 Å². The van der Waals surface area contributed by atoms with Crippen molar-refractivity contribution in [2.24, 2.45) is 11.5 Å². The number of primary amides is 1. The molecule has 2 aromatic rings. The monoisotopic (exact) mass is 978 g/mol. The molecule has 0 saturated heterocycles. The van der Waals surface area contributed by atoms with Crippen LogP contribution in [0, 0.1) is 0 Å². The molecule has 0 spiro atoms. The highest BCUT2D eigenvalue weighted by molar-refractivity contribution is 8.77. The maximum atomic E-state index is 14.3. The minimum absolute atomic E-state index is 0.0143. The van der Waals surface area contributed by atoms with Crippen molar-refractivity contribution >= 4 is 84.6 Å². The van der Waals surface area contributed by atoms with E-state index in [0.29, 0.717) is 36.3 Å². The van der Waals surface area contributed by atoms with Crippen molar-refractivity contribution in [1.82, 2.24) is 31.9 Å². The second-order valence-electron chi connectivity index (χ2n) is 17.5. The number of nitrogens with two attached hydrogens (primary N) is 2. The molecule has 0 saturated carbocycles. The van der Waals surface area contributed by atoms with Crippen LogP contribution in [0.25, 0.3) is 0 Å². The van der Waals surface area contributed by atoms with Crippen molar-refractivity contribution in [1.29, 1.82) is 0 Å². The van der Waals surface area contributed by atoms with Gasteiger partial charge in [-0.3, -0.25) is 28.8 Å². The van der Waals surface area contributed by atoms with Crippen LogP contribution in [0.2, 0.25) is 0 Å². The summed E-state index contributed by atoms with van der Waals surface area (Å²) in [7, 11) is 7.57. The Kier molecular flexibility index (Phi) is 25.5. The standard InChI is InChI=1S/C45H70N8O8S4/c1-28(48-9)38(55)50-29(2)39(56)53-35(25-31-20-14-11-15-21-31)43(60)61-36(27-63-65-45(6,7)8)42(59)52-34(24-30-18-12-10-13-19-30)41(58)51-33(37(47)54)22-16-17-23-49-40(57)32(46)26-62-64-44(3,4)5/h10-15,18-21,28-29,32-36,48H,16-17,22-27,46H2,1-9H3,(H2,47,54)(H,49,57)(H,50,55)(H,51,58)(H,52,59)(H,53,56)/t28-,29-,32-,33-,34-,35-,36?/m0/s1. The second kappa shape index (κ2) is 28.9. The van der Waals surface area contributed by atoms with Crippen LogP contribution in [0.5, 0.6) is 0 Å². The van der Waals surface area contributed by atoms with Crippen molar-refractivity contribution < 1.29 is 38.3 Å². The summed E-state index contributed by atoms with van der Waals surface area (Å²) in [6, 6.07) is 12.0. The third-order valence-corrected chi connectivity index (χ3v) is 15.9. The number of unbranched alkanes of at least 4 members (excludes halogenated alkanes) is 1. The highest BCUT2D eigenvalue weighted by Gasteiger charge is 2.34. The molecular formula is C45H70N8O8S4. The van der Waals surface area contributed by atoms with Crippen LogP contribution in [0.4, 0.5) is 0 Å². The third-order valence-electron chi connectivity index (χ3n) is 9.23. The quantitative estimate of drug-likeness (QED) is 0.0346. The lowest BCUT2D eigenvalue weighted by molar-refractivity contribution is -0.157. The number of rotatable bonds is 28. The number of ether oxygens (including phenoxy) is 1. The number of likely N-dealkylation sites (N-methyl/N-ethyl adjacent to an activating group) is 1. The van der Waals surface area contributed by atoms with Gasteiger partial charge in [0.05, 0.1) is 17.8 Å². The molecule has 0 aliphatic rings. The topological polar surface area (TPSA) is 253 Å². The zero-order valence-corrected chi connectivity index (χ0v) is 42.3. The largest absolute Gasteiger partial charge is 0.450 e. The highest BCUT2D eigenvalue weighted by atomic mass is 33.1. The summed E-state index contributed by atoms with van der Waals surface area (Å²) in [4.78, 5) is 93.4. The minimum Gasteiger partial charge on any atom is -0.450 e. The van der Waals surface area contributed by atoms with Crippen LogP contribution in [-0.4, -0.2) is 118 Å². The predicted octanol–water partition coefficient (Wildman–Crippen LogP) is 3.41. The van der Waals surface area contributed by atoms with E-state index in [1.807, 2.05) is 32.9 Å². The molecule has 0 aliphatic carbocycles. The van der Waals surface area contributed by atoms with Gasteiger partial charge >= 0.3 is 5.97 Å². The van der Waals surface area contributed by atoms with Crippen molar-refractivity contribution in [3.8, 4) is 0 Å². The van der Waals surface area contributed by atoms with Crippen LogP contribution in [0.15, 0.2) is 60.7 Å². The Morgan fingerprint density at radius 3 is 1.63 bits per heavy atom. The number of amides is 6. The van der Waals surface area contributed by atoms with Gasteiger partial charge in [-0.2, -0.15) is 0 Å². The molecule has 362 valence electrons. The normalized spacial score (nSPS) is 14.9. The van der Waals surface area contributed by atoms with Gasteiger partial charge in [0, 0.05) is 34.6 Å². The number of hydrogen-bond donors (Lipinski definition) is 8. The molecule has 2 rings (SSSR count). The molecule has 6 amide bonds. The van der Waals surface area contributed by atoms with Gasteiger partial charge < -0.3 is 48.1 Å². The van der Waals surface area contributed by atoms with E-state index in [0.717, 1.165) is 0 Å². The molecule has 7 atom stereocenters. The molecule has 0 heterocycles. The molecule has 16 nitrogen and oxygen atoms in total. The first-order valence-corrected chi connectivity index (χ1v) is 26.2. The maximum absolute atomic E-state index is 14.3. The molecule has 20 heteroatoms. The summed E-state index contributed by atoms with van der Waals surface area (Å²) in [5.74, 6) is -4.04. The third kappa shape index (κ3) is 23.9. The number of nitrogens with one attached hydrogen (secondary N) is 6. The average Bonchev–Trinajstić information content (AvgIpc) is 3.24. The number of carbonyl (C=O) groups excluding carboxylic acids is 7. The molecule has 10 N–H and O–H groups in total. The number of benzene rings is 2. The number of carbonyl (C=O) groups is 7. The summed E-state index contributed by atoms with van der Waals surface area (Å²) in [5, 5.41) is 16.4. The van der Waals surface area contributed by atoms with Gasteiger partial charge in [0.15, 0.2) is 6.10 Å². The Labute approximate surface area is 400 Å². The van der Waals surface area contributed by atoms with E-state index in [2.05, 4.69) is 52.7 Å². The fraction of sp³-hybridized carbons (Fsp3) is 0.578. The van der Waals surface area contributed by atoms with Crippen molar-refractivity contribution in [2.45, 2.75) is 139 Å². The molecule has 0 aromatic heterocycles. The first kappa shape index (κ1) is 57.2. The zero-order chi connectivity index (χ0) is 48.7. The van der Waals surface area contributed by atoms with Crippen molar-refractivity contribution in [3.05, 3.63) is 71.8 Å². The molecule has 2 aromatic carbocycles. The first-order valence-electron chi connectivity index (χ1n) is 21.6. The van der Waals surface area contributed by atoms with Crippen LogP contribution in [0.3, 0.4) is 0 Å². The fourth-order valence-corrected chi connectivity index (χ4v) is 10.4. The number of hydrogen-bond acceptors (Lipinski definition) is 14. The first-order chi connectivity index (χ1) is 30.5. The van der Waals surface area contributed by atoms with Gasteiger partial charge in [-0.1, -0.05) is 145 Å². The zero-order valence-electron chi connectivity index (χ0n) is 39.0. The summed E-state index contributed by atoms with van der Waals surface area (Å²) in [5.41, 5.74) is 13.2. The maximum Gasteiger partial charge on any atom is 0.329 e. The van der Waals surface area contributed by atoms with E-state index in [-0.39, 0.29) is 40.4 Å². The Bertz CT molecular complexity index is 1840. The van der Waals surface area contributed by atoms with Crippen LogP contribution in [-0.2, 0) is 51.1 Å². The highest BCUT2D eigenvalue weighted by Crippen LogP contribution is 2.36. The smallest absolute Gasteiger partial charge is 0.329 e. The minimum atomic E-state index is -1.43. The van der Waals surface area contributed by atoms with Crippen molar-refractivity contribution in [2.75, 3.05) is 25.1 Å². The van der Waals surface area contributed by atoms with E-state index < -0.39 is 77.9 Å². The average molecular weight is 979 g/mol. The van der Waals surface area contributed by atoms with Gasteiger partial charge in [0.25, 0.3) is 5.91 Å². The van der Waals surface area contributed by atoms with Crippen molar-refractivity contribution in [3.63, 3.8) is 0 Å². The fourth-order valence-electron chi connectivity index (χ4n) is 5.59. The van der Waals surface area contributed by atoms with Gasteiger partial charge in [-0.05, 0) is 51.3 Å². The molecule has 0 aliphatic heterocycles. The molecule has 0 fully saturated rings. The molecule has 0 radical (unpaired) electrons. The lowest BCUT2D eigenvalue weighted by atomic mass is 10.0. The lowest BCUT2D eigenvalue weighted by Crippen LogP contribution is -2.56. The van der Waals surface area contributed by atoms with Gasteiger partial charge in [-0.25, -0.2) is 4.79 Å². The summed E-state index contributed by atoms with van der Waals surface area (Å²) < 4.78 is 5.73. The SMILES string of the molecule is CN[C@@H](C)C(=O)N[C@@H](C)C(=O)N[C@@H](Cc1ccccc1)C(=O)OC(CSSC(C)(C)C)C(=O)N[C@@H](Cc1ccccc1)C(=O)N[C@@H](CCCCNC(=O)[C@@H](N)CSSC(C)(C)C)C(N)=O. The Hall–Kier alpha value is -3.95.